The summed E-state index contributed by atoms with van der Waals surface area (Å²) >= 11 is 0. The maximum atomic E-state index is 12.6. The molecule has 2 aromatic carbocycles. The molecule has 2 amide bonds. The number of benzene rings is 2. The highest BCUT2D eigenvalue weighted by Gasteiger charge is 2.15. The molecule has 0 bridgehead atoms. The molecule has 26 heavy (non-hydrogen) atoms. The quantitative estimate of drug-likeness (QED) is 0.762. The zero-order valence-electron chi connectivity index (χ0n) is 16.1. The predicted molar refractivity (Wildman–Crippen MR) is 105 cm³/mol. The summed E-state index contributed by atoms with van der Waals surface area (Å²) in [7, 11) is 0. The van der Waals surface area contributed by atoms with Gasteiger partial charge in [-0.05, 0) is 68.0 Å². The Morgan fingerprint density at radius 3 is 2.19 bits per heavy atom. The maximum Gasteiger partial charge on any atom is 0.269 e. The summed E-state index contributed by atoms with van der Waals surface area (Å²) in [5, 5.41) is 0. The van der Waals surface area contributed by atoms with Gasteiger partial charge in [-0.25, -0.2) is 0 Å². The third-order valence-corrected chi connectivity index (χ3v) is 4.56. The topological polar surface area (TPSA) is 58.2 Å². The van der Waals surface area contributed by atoms with Crippen LogP contribution >= 0.6 is 0 Å². The average molecular weight is 352 g/mol. The summed E-state index contributed by atoms with van der Waals surface area (Å²) in [6.07, 6.45) is 3.88. The normalized spacial score (nSPS) is 10.5. The van der Waals surface area contributed by atoms with Gasteiger partial charge in [0.2, 0.25) is 0 Å². The molecule has 0 aliphatic rings. The molecule has 0 heterocycles. The second-order valence-electron chi connectivity index (χ2n) is 6.67. The van der Waals surface area contributed by atoms with E-state index in [1.54, 1.807) is 12.1 Å². The van der Waals surface area contributed by atoms with Crippen molar-refractivity contribution in [3.63, 3.8) is 0 Å². The molecule has 0 radical (unpaired) electrons. The third-order valence-electron chi connectivity index (χ3n) is 4.56. The first-order chi connectivity index (χ1) is 12.5. The van der Waals surface area contributed by atoms with E-state index in [1.807, 2.05) is 32.0 Å². The fourth-order valence-corrected chi connectivity index (χ4v) is 3.03. The van der Waals surface area contributed by atoms with Crippen LogP contribution in [0.1, 0.15) is 69.7 Å². The summed E-state index contributed by atoms with van der Waals surface area (Å²) in [6.45, 7) is 8.20. The SMILES string of the molecule is CCCCc1c(C)cc(C)cc1C(=O)NNC(=O)c1ccc(CC)cc1. The van der Waals surface area contributed by atoms with Crippen LogP contribution in [0.15, 0.2) is 36.4 Å². The van der Waals surface area contributed by atoms with Crippen LogP contribution in [-0.4, -0.2) is 11.8 Å². The minimum atomic E-state index is -0.319. The first-order valence-electron chi connectivity index (χ1n) is 9.26. The van der Waals surface area contributed by atoms with E-state index in [2.05, 4.69) is 30.8 Å². The lowest BCUT2D eigenvalue weighted by molar-refractivity contribution is 0.0846. The molecule has 4 heteroatoms. The van der Waals surface area contributed by atoms with Gasteiger partial charge in [-0.1, -0.05) is 44.0 Å². The van der Waals surface area contributed by atoms with E-state index in [0.29, 0.717) is 11.1 Å². The molecule has 4 nitrogen and oxygen atoms in total. The van der Waals surface area contributed by atoms with Crippen molar-refractivity contribution in [2.24, 2.45) is 0 Å². The molecule has 0 unspecified atom stereocenters. The molecule has 0 aromatic heterocycles. The van der Waals surface area contributed by atoms with Crippen LogP contribution in [0.25, 0.3) is 0 Å². The number of carbonyl (C=O) groups excluding carboxylic acids is 2. The third kappa shape index (κ3) is 4.94. The van der Waals surface area contributed by atoms with Crippen molar-refractivity contribution in [1.29, 1.82) is 0 Å². The van der Waals surface area contributed by atoms with Crippen molar-refractivity contribution in [3.05, 3.63) is 69.8 Å². The molecule has 138 valence electrons. The smallest absolute Gasteiger partial charge is 0.267 e. The Morgan fingerprint density at radius 1 is 0.923 bits per heavy atom. The Kier molecular flexibility index (Phi) is 6.96. The standard InChI is InChI=1S/C22H28N2O2/c1-5-7-8-19-16(4)13-15(3)14-20(19)22(26)24-23-21(25)18-11-9-17(6-2)10-12-18/h9-14H,5-8H2,1-4H3,(H,23,25)(H,24,26). The Labute approximate surface area is 156 Å². The lowest BCUT2D eigenvalue weighted by atomic mass is 9.94. The van der Waals surface area contributed by atoms with E-state index >= 15 is 0 Å². The molecule has 0 spiro atoms. The van der Waals surface area contributed by atoms with Gasteiger partial charge in [0.05, 0.1) is 0 Å². The summed E-state index contributed by atoms with van der Waals surface area (Å²) in [4.78, 5) is 24.9. The zero-order valence-corrected chi connectivity index (χ0v) is 16.1. The first-order valence-corrected chi connectivity index (χ1v) is 9.26. The average Bonchev–Trinajstić information content (AvgIpc) is 2.64. The molecule has 2 rings (SSSR count). The molecular weight excluding hydrogens is 324 g/mol. The Hall–Kier alpha value is -2.62. The van der Waals surface area contributed by atoms with Gasteiger partial charge in [-0.15, -0.1) is 0 Å². The Balaban J connectivity index is 2.10. The number of hydrazine groups is 1. The highest BCUT2D eigenvalue weighted by atomic mass is 16.2. The number of aryl methyl sites for hydroxylation is 3. The van der Waals surface area contributed by atoms with Crippen LogP contribution < -0.4 is 10.9 Å². The molecule has 2 N–H and O–H groups in total. The fraction of sp³-hybridized carbons (Fsp3) is 0.364. The molecule has 0 aliphatic heterocycles. The van der Waals surface area contributed by atoms with E-state index in [9.17, 15) is 9.59 Å². The Morgan fingerprint density at radius 2 is 1.58 bits per heavy atom. The van der Waals surface area contributed by atoms with E-state index < -0.39 is 0 Å². The van der Waals surface area contributed by atoms with Gasteiger partial charge in [0.15, 0.2) is 0 Å². The highest BCUT2D eigenvalue weighted by Crippen LogP contribution is 2.19. The number of nitrogens with one attached hydrogen (secondary N) is 2. The highest BCUT2D eigenvalue weighted by molar-refractivity contribution is 6.00. The van der Waals surface area contributed by atoms with Gasteiger partial charge < -0.3 is 0 Å². The number of unbranched alkanes of at least 4 members (excludes halogenated alkanes) is 1. The predicted octanol–water partition coefficient (Wildman–Crippen LogP) is 4.28. The minimum Gasteiger partial charge on any atom is -0.267 e. The Bertz CT molecular complexity index is 779. The van der Waals surface area contributed by atoms with Gasteiger partial charge in [-0.2, -0.15) is 0 Å². The fourth-order valence-electron chi connectivity index (χ4n) is 3.03. The van der Waals surface area contributed by atoms with Gasteiger partial charge in [0.1, 0.15) is 0 Å². The van der Waals surface area contributed by atoms with Crippen LogP contribution in [0, 0.1) is 13.8 Å². The summed E-state index contributed by atoms with van der Waals surface area (Å²) in [6, 6.07) is 11.4. The van der Waals surface area contributed by atoms with E-state index in [0.717, 1.165) is 42.4 Å². The van der Waals surface area contributed by atoms with Crippen LogP contribution in [0.2, 0.25) is 0 Å². The van der Waals surface area contributed by atoms with Crippen LogP contribution in [-0.2, 0) is 12.8 Å². The van der Waals surface area contributed by atoms with Crippen molar-refractivity contribution < 1.29 is 9.59 Å². The van der Waals surface area contributed by atoms with Crippen LogP contribution in [0.4, 0.5) is 0 Å². The van der Waals surface area contributed by atoms with Gasteiger partial charge in [-0.3, -0.25) is 20.4 Å². The van der Waals surface area contributed by atoms with E-state index in [4.69, 9.17) is 0 Å². The number of amides is 2. The summed E-state index contributed by atoms with van der Waals surface area (Å²) in [5.74, 6) is -0.595. The van der Waals surface area contributed by atoms with Crippen LogP contribution in [0.3, 0.4) is 0 Å². The van der Waals surface area contributed by atoms with Crippen molar-refractivity contribution in [3.8, 4) is 0 Å². The first kappa shape index (κ1) is 19.7. The molecule has 0 aliphatic carbocycles. The monoisotopic (exact) mass is 352 g/mol. The molecule has 0 saturated heterocycles. The summed E-state index contributed by atoms with van der Waals surface area (Å²) in [5.41, 5.74) is 10.6. The second-order valence-corrected chi connectivity index (χ2v) is 6.67. The van der Waals surface area contributed by atoms with Gasteiger partial charge >= 0.3 is 0 Å². The van der Waals surface area contributed by atoms with E-state index in [-0.39, 0.29) is 11.8 Å². The van der Waals surface area contributed by atoms with Crippen molar-refractivity contribution in [2.45, 2.75) is 53.4 Å². The number of hydrogen-bond donors (Lipinski definition) is 2. The number of hydrogen-bond acceptors (Lipinski definition) is 2. The molecule has 2 aromatic rings. The zero-order chi connectivity index (χ0) is 19.1. The second kappa shape index (κ2) is 9.18. The van der Waals surface area contributed by atoms with Gasteiger partial charge in [0.25, 0.3) is 11.8 Å². The largest absolute Gasteiger partial charge is 0.269 e. The van der Waals surface area contributed by atoms with Crippen molar-refractivity contribution in [2.75, 3.05) is 0 Å². The van der Waals surface area contributed by atoms with Crippen LogP contribution in [0.5, 0.6) is 0 Å². The molecule has 0 atom stereocenters. The minimum absolute atomic E-state index is 0.276. The van der Waals surface area contributed by atoms with E-state index in [1.165, 1.54) is 5.56 Å². The summed E-state index contributed by atoms with van der Waals surface area (Å²) < 4.78 is 0. The van der Waals surface area contributed by atoms with Crippen molar-refractivity contribution in [1.82, 2.24) is 10.9 Å². The molecular formula is C22H28N2O2. The maximum absolute atomic E-state index is 12.6. The lowest BCUT2D eigenvalue weighted by Crippen LogP contribution is -2.42. The molecule has 0 saturated carbocycles. The van der Waals surface area contributed by atoms with Gasteiger partial charge in [0, 0.05) is 11.1 Å². The number of carbonyl (C=O) groups is 2. The lowest BCUT2D eigenvalue weighted by Gasteiger charge is -2.14. The van der Waals surface area contributed by atoms with Crippen molar-refractivity contribution >= 4 is 11.8 Å². The number of rotatable bonds is 6. The molecule has 0 fully saturated rings.